The van der Waals surface area contributed by atoms with Gasteiger partial charge >= 0.3 is 5.97 Å². The van der Waals surface area contributed by atoms with Crippen molar-refractivity contribution in [1.82, 2.24) is 4.90 Å². The van der Waals surface area contributed by atoms with Crippen LogP contribution < -0.4 is 0 Å². The highest BCUT2D eigenvalue weighted by Gasteiger charge is 2.47. The molecule has 1 aliphatic heterocycles. The summed E-state index contributed by atoms with van der Waals surface area (Å²) in [7, 11) is 0. The smallest absolute Gasteiger partial charge is 0.308 e. The summed E-state index contributed by atoms with van der Waals surface area (Å²) in [5, 5.41) is 9.47. The molecule has 2 atom stereocenters. The van der Waals surface area contributed by atoms with Crippen LogP contribution in [-0.2, 0) is 9.59 Å². The highest BCUT2D eigenvalue weighted by molar-refractivity contribution is 9.10. The van der Waals surface area contributed by atoms with Gasteiger partial charge in [0.15, 0.2) is 0 Å². The monoisotopic (exact) mass is 377 g/mol. The first-order valence-corrected chi connectivity index (χ1v) is 8.46. The minimum Gasteiger partial charge on any atom is -0.481 e. The van der Waals surface area contributed by atoms with E-state index in [4.69, 9.17) is 11.6 Å². The molecule has 1 saturated heterocycles. The average Bonchev–Trinajstić information content (AvgIpc) is 3.16. The van der Waals surface area contributed by atoms with Crippen LogP contribution in [0, 0.1) is 5.92 Å². The third-order valence-electron chi connectivity index (χ3n) is 3.85. The lowest BCUT2D eigenvalue weighted by Gasteiger charge is -2.39. The molecule has 1 saturated carbocycles. The fourth-order valence-electron chi connectivity index (χ4n) is 2.80. The van der Waals surface area contributed by atoms with E-state index in [9.17, 15) is 14.7 Å². The molecule has 0 spiro atoms. The molecule has 2 heterocycles. The predicted octanol–water partition coefficient (Wildman–Crippen LogP) is 3.69. The van der Waals surface area contributed by atoms with E-state index in [0.717, 1.165) is 22.2 Å². The summed E-state index contributed by atoms with van der Waals surface area (Å²) >= 11 is 10.8. The first kappa shape index (κ1) is 14.4. The van der Waals surface area contributed by atoms with Crippen LogP contribution in [0.4, 0.5) is 0 Å². The van der Waals surface area contributed by atoms with Crippen molar-refractivity contribution in [2.45, 2.75) is 37.8 Å². The zero-order valence-corrected chi connectivity index (χ0v) is 13.7. The second kappa shape index (κ2) is 5.31. The number of thiophene rings is 1. The Labute approximate surface area is 133 Å². The van der Waals surface area contributed by atoms with Crippen molar-refractivity contribution < 1.29 is 14.7 Å². The van der Waals surface area contributed by atoms with Crippen LogP contribution in [0.3, 0.4) is 0 Å². The Bertz CT molecular complexity index is 552. The van der Waals surface area contributed by atoms with Gasteiger partial charge < -0.3 is 10.0 Å². The van der Waals surface area contributed by atoms with E-state index < -0.39 is 11.9 Å². The van der Waals surface area contributed by atoms with Crippen LogP contribution in [0.2, 0.25) is 4.34 Å². The number of likely N-dealkylation sites (tertiary alicyclic amines) is 1. The molecule has 0 bridgehead atoms. The molecule has 2 unspecified atom stereocenters. The third kappa shape index (κ3) is 2.49. The van der Waals surface area contributed by atoms with E-state index in [2.05, 4.69) is 15.9 Å². The van der Waals surface area contributed by atoms with Gasteiger partial charge in [0.25, 0.3) is 0 Å². The summed E-state index contributed by atoms with van der Waals surface area (Å²) in [5.74, 6) is -1.32. The predicted molar refractivity (Wildman–Crippen MR) is 80.0 cm³/mol. The number of carboxylic acid groups (broad SMARTS) is 1. The molecule has 1 aliphatic carbocycles. The van der Waals surface area contributed by atoms with Crippen molar-refractivity contribution in [2.24, 2.45) is 5.92 Å². The molecule has 1 aromatic heterocycles. The van der Waals surface area contributed by atoms with Crippen molar-refractivity contribution in [2.75, 3.05) is 0 Å². The summed E-state index contributed by atoms with van der Waals surface area (Å²) in [4.78, 5) is 26.4. The summed E-state index contributed by atoms with van der Waals surface area (Å²) in [6.45, 7) is 0. The minimum atomic E-state index is -0.839. The van der Waals surface area contributed by atoms with E-state index in [-0.39, 0.29) is 18.0 Å². The Kier molecular flexibility index (Phi) is 3.81. The zero-order chi connectivity index (χ0) is 14.4. The van der Waals surface area contributed by atoms with Gasteiger partial charge in [0, 0.05) is 21.8 Å². The number of aliphatic carboxylic acids is 1. The zero-order valence-electron chi connectivity index (χ0n) is 10.5. The van der Waals surface area contributed by atoms with Crippen molar-refractivity contribution in [3.63, 3.8) is 0 Å². The van der Waals surface area contributed by atoms with E-state index >= 15 is 0 Å². The van der Waals surface area contributed by atoms with Gasteiger partial charge in [-0.25, -0.2) is 0 Å². The van der Waals surface area contributed by atoms with Gasteiger partial charge in [-0.2, -0.15) is 0 Å². The van der Waals surface area contributed by atoms with Gasteiger partial charge in [0.2, 0.25) is 5.91 Å². The molecule has 2 aliphatic rings. The van der Waals surface area contributed by atoms with Gasteiger partial charge in [0.05, 0.1) is 12.0 Å². The van der Waals surface area contributed by atoms with Crippen molar-refractivity contribution in [3.05, 3.63) is 19.8 Å². The van der Waals surface area contributed by atoms with Crippen molar-refractivity contribution in [3.8, 4) is 0 Å². The fourth-order valence-corrected chi connectivity index (χ4v) is 4.70. The number of carbonyl (C=O) groups is 2. The van der Waals surface area contributed by atoms with E-state index in [1.54, 1.807) is 4.90 Å². The van der Waals surface area contributed by atoms with E-state index in [1.165, 1.54) is 11.3 Å². The molecule has 2 fully saturated rings. The number of nitrogens with zero attached hydrogens (tertiary/aromatic N) is 1. The molecule has 0 radical (unpaired) electrons. The summed E-state index contributed by atoms with van der Waals surface area (Å²) < 4.78 is 1.36. The number of piperidine rings is 1. The standard InChI is InChI=1S/C13H13BrClNO3S/c14-8-5-9(20-12(8)15)11-7(13(18)19)3-4-10(17)16(11)6-1-2-6/h5-7,11H,1-4H2,(H,18,19). The molecule has 1 N–H and O–H groups in total. The molecule has 7 heteroatoms. The van der Waals surface area contributed by atoms with Crippen LogP contribution >= 0.6 is 38.9 Å². The number of hydrogen-bond donors (Lipinski definition) is 1. The lowest BCUT2D eigenvalue weighted by atomic mass is 9.87. The Morgan fingerprint density at radius 3 is 2.65 bits per heavy atom. The maximum atomic E-state index is 12.2. The third-order valence-corrected chi connectivity index (χ3v) is 6.40. The van der Waals surface area contributed by atoms with Gasteiger partial charge in [-0.05, 0) is 41.3 Å². The number of amides is 1. The highest BCUT2D eigenvalue weighted by Crippen LogP contribution is 2.47. The van der Waals surface area contributed by atoms with Crippen LogP contribution in [0.25, 0.3) is 0 Å². The maximum absolute atomic E-state index is 12.2. The SMILES string of the molecule is O=C(O)C1CCC(=O)N(C2CC2)C1c1cc(Br)c(Cl)s1. The normalized spacial score (nSPS) is 26.9. The molecule has 20 heavy (non-hydrogen) atoms. The molecule has 4 nitrogen and oxygen atoms in total. The minimum absolute atomic E-state index is 0.0654. The number of hydrogen-bond acceptors (Lipinski definition) is 3. The van der Waals surface area contributed by atoms with Gasteiger partial charge in [-0.1, -0.05) is 11.6 Å². The molecule has 1 aromatic rings. The lowest BCUT2D eigenvalue weighted by molar-refractivity contribution is -0.152. The fraction of sp³-hybridized carbons (Fsp3) is 0.538. The first-order chi connectivity index (χ1) is 9.49. The molecule has 0 aromatic carbocycles. The van der Waals surface area contributed by atoms with Gasteiger partial charge in [-0.3, -0.25) is 9.59 Å². The molecule has 3 rings (SSSR count). The summed E-state index contributed by atoms with van der Waals surface area (Å²) in [6.07, 6.45) is 2.66. The molecular formula is C13H13BrClNO3S. The number of carboxylic acids is 1. The first-order valence-electron chi connectivity index (χ1n) is 6.47. The Hall–Kier alpha value is -0.590. The Balaban J connectivity index is 2.02. The maximum Gasteiger partial charge on any atom is 0.308 e. The number of halogens is 2. The van der Waals surface area contributed by atoms with Crippen molar-refractivity contribution in [1.29, 1.82) is 0 Å². The lowest BCUT2D eigenvalue weighted by Crippen LogP contribution is -2.46. The van der Waals surface area contributed by atoms with Crippen LogP contribution in [0.15, 0.2) is 10.5 Å². The Morgan fingerprint density at radius 2 is 2.15 bits per heavy atom. The topological polar surface area (TPSA) is 57.6 Å². The van der Waals surface area contributed by atoms with Crippen molar-refractivity contribution >= 4 is 50.7 Å². The quantitative estimate of drug-likeness (QED) is 0.872. The second-order valence-electron chi connectivity index (χ2n) is 5.23. The van der Waals surface area contributed by atoms with E-state index in [0.29, 0.717) is 17.2 Å². The number of carbonyl (C=O) groups excluding carboxylic acids is 1. The Morgan fingerprint density at radius 1 is 1.45 bits per heavy atom. The molecule has 108 valence electrons. The number of rotatable bonds is 3. The highest BCUT2D eigenvalue weighted by atomic mass is 79.9. The summed E-state index contributed by atoms with van der Waals surface area (Å²) in [6, 6.07) is 1.67. The van der Waals surface area contributed by atoms with Gasteiger partial charge in [-0.15, -0.1) is 11.3 Å². The average molecular weight is 379 g/mol. The largest absolute Gasteiger partial charge is 0.481 e. The summed E-state index contributed by atoms with van der Waals surface area (Å²) in [5.41, 5.74) is 0. The van der Waals surface area contributed by atoms with E-state index in [1.807, 2.05) is 6.07 Å². The molecular weight excluding hydrogens is 366 g/mol. The van der Waals surface area contributed by atoms with Crippen LogP contribution in [0.1, 0.15) is 36.6 Å². The van der Waals surface area contributed by atoms with Crippen LogP contribution in [0.5, 0.6) is 0 Å². The van der Waals surface area contributed by atoms with Gasteiger partial charge in [0.1, 0.15) is 4.34 Å². The molecule has 1 amide bonds. The second-order valence-corrected chi connectivity index (χ2v) is 7.77. The van der Waals surface area contributed by atoms with Crippen LogP contribution in [-0.4, -0.2) is 27.9 Å².